The first-order valence-electron chi connectivity index (χ1n) is 11.7. The van der Waals surface area contributed by atoms with Crippen LogP contribution in [0.2, 0.25) is 5.02 Å². The van der Waals surface area contributed by atoms with Crippen LogP contribution >= 0.6 is 11.6 Å². The minimum Gasteiger partial charge on any atom is -0.368 e. The predicted molar refractivity (Wildman–Crippen MR) is 136 cm³/mol. The van der Waals surface area contributed by atoms with Gasteiger partial charge in [0.1, 0.15) is 11.3 Å². The molecule has 1 saturated heterocycles. The largest absolute Gasteiger partial charge is 0.368 e. The normalized spacial score (nSPS) is 14.2. The van der Waals surface area contributed by atoms with Crippen LogP contribution in [0.25, 0.3) is 22.4 Å². The summed E-state index contributed by atoms with van der Waals surface area (Å²) < 4.78 is 3.75. The summed E-state index contributed by atoms with van der Waals surface area (Å²) in [4.78, 5) is 17.2. The Bertz CT molecular complexity index is 1490. The van der Waals surface area contributed by atoms with Crippen molar-refractivity contribution in [2.45, 2.75) is 12.8 Å². The molecule has 0 aliphatic carbocycles. The number of nitrogens with zero attached hydrogens (tertiary/aromatic N) is 7. The molecule has 1 amide bonds. The summed E-state index contributed by atoms with van der Waals surface area (Å²) in [5, 5.41) is 14.1. The van der Waals surface area contributed by atoms with Gasteiger partial charge in [-0.05, 0) is 30.3 Å². The van der Waals surface area contributed by atoms with Crippen molar-refractivity contribution in [1.29, 1.82) is 0 Å². The molecule has 0 unspecified atom stereocenters. The Morgan fingerprint density at radius 2 is 1.69 bits per heavy atom. The first-order valence-corrected chi connectivity index (χ1v) is 12.1. The van der Waals surface area contributed by atoms with Crippen LogP contribution in [0.5, 0.6) is 0 Å². The topological polar surface area (TPSA) is 71.0 Å². The summed E-state index contributed by atoms with van der Waals surface area (Å²) in [5.74, 6) is 0.929. The van der Waals surface area contributed by atoms with E-state index in [1.165, 1.54) is 5.69 Å². The first kappa shape index (κ1) is 21.6. The molecule has 0 N–H and O–H groups in total. The summed E-state index contributed by atoms with van der Waals surface area (Å²) in [7, 11) is 0. The van der Waals surface area contributed by atoms with Crippen molar-refractivity contribution in [2.75, 3.05) is 31.1 Å². The van der Waals surface area contributed by atoms with E-state index in [0.717, 1.165) is 54.4 Å². The Morgan fingerprint density at radius 3 is 2.46 bits per heavy atom. The lowest BCUT2D eigenvalue weighted by atomic mass is 10.1. The highest BCUT2D eigenvalue weighted by atomic mass is 35.5. The zero-order valence-electron chi connectivity index (χ0n) is 19.1. The summed E-state index contributed by atoms with van der Waals surface area (Å²) in [6.07, 6.45) is 4.73. The monoisotopic (exact) mass is 485 g/mol. The maximum atomic E-state index is 12.9. The van der Waals surface area contributed by atoms with E-state index in [1.54, 1.807) is 4.52 Å². The van der Waals surface area contributed by atoms with Crippen LogP contribution in [-0.2, 0) is 11.2 Å². The Labute approximate surface area is 207 Å². The van der Waals surface area contributed by atoms with Crippen molar-refractivity contribution in [3.05, 3.63) is 83.9 Å². The molecule has 5 aromatic rings. The van der Waals surface area contributed by atoms with Crippen molar-refractivity contribution in [3.8, 4) is 11.3 Å². The number of amides is 1. The molecule has 4 heterocycles. The average molecular weight is 486 g/mol. The number of piperazine rings is 1. The molecule has 176 valence electrons. The van der Waals surface area contributed by atoms with Gasteiger partial charge in [0.05, 0.1) is 5.69 Å². The highest BCUT2D eigenvalue weighted by Crippen LogP contribution is 2.24. The summed E-state index contributed by atoms with van der Waals surface area (Å²) in [6.45, 7) is 3.16. The number of anilines is 1. The SMILES string of the molecule is O=C(CCc1nnc2c3cc(-c4ccc(Cl)cc4)nn3ccn12)N1CCN(c2ccccc2)CC1. The van der Waals surface area contributed by atoms with Crippen LogP contribution in [0, 0.1) is 0 Å². The van der Waals surface area contributed by atoms with Gasteiger partial charge in [-0.15, -0.1) is 10.2 Å². The molecule has 8 nitrogen and oxygen atoms in total. The Hall–Kier alpha value is -3.91. The number of hydrogen-bond acceptors (Lipinski definition) is 5. The van der Waals surface area contributed by atoms with E-state index in [-0.39, 0.29) is 5.91 Å². The van der Waals surface area contributed by atoms with Crippen LogP contribution in [0.15, 0.2) is 73.1 Å². The number of carbonyl (C=O) groups excluding carboxylic acids is 1. The quantitative estimate of drug-likeness (QED) is 0.376. The summed E-state index contributed by atoms with van der Waals surface area (Å²) in [6, 6.07) is 19.9. The molecule has 0 atom stereocenters. The van der Waals surface area contributed by atoms with E-state index in [4.69, 9.17) is 11.6 Å². The van der Waals surface area contributed by atoms with Crippen LogP contribution < -0.4 is 4.90 Å². The number of hydrogen-bond donors (Lipinski definition) is 0. The third-order valence-electron chi connectivity index (χ3n) is 6.54. The molecule has 1 fully saturated rings. The maximum absolute atomic E-state index is 12.9. The Balaban J connectivity index is 1.14. The van der Waals surface area contributed by atoms with Crippen molar-refractivity contribution in [2.24, 2.45) is 0 Å². The molecule has 3 aromatic heterocycles. The molecule has 0 radical (unpaired) electrons. The van der Waals surface area contributed by atoms with Gasteiger partial charge < -0.3 is 9.80 Å². The van der Waals surface area contributed by atoms with Crippen LogP contribution in [0.4, 0.5) is 5.69 Å². The zero-order valence-corrected chi connectivity index (χ0v) is 19.8. The number of halogens is 1. The van der Waals surface area contributed by atoms with Gasteiger partial charge in [0.25, 0.3) is 0 Å². The number of aryl methyl sites for hydroxylation is 1. The fourth-order valence-corrected chi connectivity index (χ4v) is 4.75. The maximum Gasteiger partial charge on any atom is 0.223 e. The van der Waals surface area contributed by atoms with Gasteiger partial charge in [0, 0.05) is 67.7 Å². The molecule has 1 aliphatic heterocycles. The smallest absolute Gasteiger partial charge is 0.223 e. The molecule has 0 saturated carbocycles. The molecule has 0 spiro atoms. The molecule has 2 aromatic carbocycles. The van der Waals surface area contributed by atoms with Crippen molar-refractivity contribution in [1.82, 2.24) is 29.1 Å². The molecular formula is C26H24ClN7O. The summed E-state index contributed by atoms with van der Waals surface area (Å²) >= 11 is 6.02. The molecule has 35 heavy (non-hydrogen) atoms. The molecular weight excluding hydrogens is 462 g/mol. The lowest BCUT2D eigenvalue weighted by Gasteiger charge is -2.36. The third kappa shape index (κ3) is 4.21. The number of para-hydroxylation sites is 1. The fourth-order valence-electron chi connectivity index (χ4n) is 4.62. The number of benzene rings is 2. The second-order valence-corrected chi connectivity index (χ2v) is 9.11. The highest BCUT2D eigenvalue weighted by Gasteiger charge is 2.22. The van der Waals surface area contributed by atoms with Crippen molar-refractivity contribution < 1.29 is 4.79 Å². The van der Waals surface area contributed by atoms with E-state index in [0.29, 0.717) is 17.9 Å². The number of carbonyl (C=O) groups is 1. The van der Waals surface area contributed by atoms with Gasteiger partial charge >= 0.3 is 0 Å². The van der Waals surface area contributed by atoms with Gasteiger partial charge in [0.15, 0.2) is 5.65 Å². The van der Waals surface area contributed by atoms with E-state index in [1.807, 2.05) is 70.2 Å². The second kappa shape index (κ2) is 9.03. The minimum atomic E-state index is 0.157. The van der Waals surface area contributed by atoms with E-state index in [9.17, 15) is 4.79 Å². The van der Waals surface area contributed by atoms with Crippen LogP contribution in [0.1, 0.15) is 12.2 Å². The van der Waals surface area contributed by atoms with Crippen LogP contribution in [0.3, 0.4) is 0 Å². The Kier molecular flexibility index (Phi) is 5.58. The second-order valence-electron chi connectivity index (χ2n) is 8.68. The van der Waals surface area contributed by atoms with E-state index >= 15 is 0 Å². The zero-order chi connectivity index (χ0) is 23.8. The first-order chi connectivity index (χ1) is 17.2. The lowest BCUT2D eigenvalue weighted by molar-refractivity contribution is -0.131. The third-order valence-corrected chi connectivity index (χ3v) is 6.80. The van der Waals surface area contributed by atoms with Crippen molar-refractivity contribution >= 4 is 34.4 Å². The minimum absolute atomic E-state index is 0.157. The van der Waals surface area contributed by atoms with Gasteiger partial charge in [-0.1, -0.05) is 41.9 Å². The highest BCUT2D eigenvalue weighted by molar-refractivity contribution is 6.30. The van der Waals surface area contributed by atoms with E-state index < -0.39 is 0 Å². The number of fused-ring (bicyclic) bond motifs is 3. The van der Waals surface area contributed by atoms with Gasteiger partial charge in [-0.25, -0.2) is 4.52 Å². The average Bonchev–Trinajstić information content (AvgIpc) is 3.52. The van der Waals surface area contributed by atoms with Crippen LogP contribution in [-0.4, -0.2) is 61.2 Å². The van der Waals surface area contributed by atoms with Gasteiger partial charge in [-0.2, -0.15) is 5.10 Å². The van der Waals surface area contributed by atoms with Crippen molar-refractivity contribution in [3.63, 3.8) is 0 Å². The standard InChI is InChI=1S/C26H24ClN7O/c27-20-8-6-19(7-9-20)22-18-23-26-29-28-24(33(26)16-17-34(23)30-22)10-11-25(35)32-14-12-31(13-15-32)21-4-2-1-3-5-21/h1-9,16-18H,10-15H2. The fraction of sp³-hybridized carbons (Fsp3) is 0.231. The number of aromatic nitrogens is 5. The molecule has 1 aliphatic rings. The number of rotatable bonds is 5. The predicted octanol–water partition coefficient (Wildman–Crippen LogP) is 3.98. The molecule has 0 bridgehead atoms. The summed E-state index contributed by atoms with van der Waals surface area (Å²) in [5.41, 5.74) is 4.61. The van der Waals surface area contributed by atoms with Gasteiger partial charge in [0.2, 0.25) is 5.91 Å². The Morgan fingerprint density at radius 1 is 0.914 bits per heavy atom. The molecule has 9 heteroatoms. The molecule has 6 rings (SSSR count). The van der Waals surface area contributed by atoms with Gasteiger partial charge in [-0.3, -0.25) is 9.20 Å². The lowest BCUT2D eigenvalue weighted by Crippen LogP contribution is -2.48. The van der Waals surface area contributed by atoms with E-state index in [2.05, 4.69) is 32.3 Å².